The van der Waals surface area contributed by atoms with Gasteiger partial charge in [0.2, 0.25) is 0 Å². The third-order valence-corrected chi connectivity index (χ3v) is 3.37. The maximum absolute atomic E-state index is 12.8. The number of nitrogens with two attached hydrogens (primary N) is 1. The van der Waals surface area contributed by atoms with Crippen molar-refractivity contribution >= 4 is 23.3 Å². The summed E-state index contributed by atoms with van der Waals surface area (Å²) in [6, 6.07) is 4.55. The van der Waals surface area contributed by atoms with E-state index in [1.807, 2.05) is 0 Å². The molecule has 0 aliphatic carbocycles. The Hall–Kier alpha value is -2.48. The number of hydrogen-bond acceptors (Lipinski definition) is 4. The maximum Gasteiger partial charge on any atom is 0.332 e. The third kappa shape index (κ3) is 3.09. The number of carboxylic acid groups (broad SMARTS) is 1. The summed E-state index contributed by atoms with van der Waals surface area (Å²) in [5, 5.41) is 20.6. The molecule has 20 heavy (non-hydrogen) atoms. The smallest absolute Gasteiger partial charge is 0.332 e. The van der Waals surface area contributed by atoms with Crippen LogP contribution in [0.4, 0.5) is 4.39 Å². The number of halogens is 1. The first kappa shape index (κ1) is 13.9. The molecular weight excluding hydrogens is 283 g/mol. The van der Waals surface area contributed by atoms with E-state index in [0.717, 1.165) is 0 Å². The SMILES string of the molecule is N=C(N)NC(C(=O)O)c1csc(-c2ccc(F)cc2)n1. The summed E-state index contributed by atoms with van der Waals surface area (Å²) in [7, 11) is 0. The summed E-state index contributed by atoms with van der Waals surface area (Å²) >= 11 is 1.23. The first-order valence-electron chi connectivity index (χ1n) is 5.52. The Morgan fingerprint density at radius 3 is 2.65 bits per heavy atom. The summed E-state index contributed by atoms with van der Waals surface area (Å²) in [4.78, 5) is 15.3. The van der Waals surface area contributed by atoms with Crippen molar-refractivity contribution in [1.82, 2.24) is 10.3 Å². The minimum Gasteiger partial charge on any atom is -0.479 e. The quantitative estimate of drug-likeness (QED) is 0.505. The molecule has 5 N–H and O–H groups in total. The molecule has 6 nitrogen and oxygen atoms in total. The van der Waals surface area contributed by atoms with Gasteiger partial charge in [0, 0.05) is 10.9 Å². The number of thiazole rings is 1. The number of nitrogens with zero attached hydrogens (tertiary/aromatic N) is 1. The first-order chi connectivity index (χ1) is 9.47. The average molecular weight is 294 g/mol. The number of carboxylic acids is 1. The van der Waals surface area contributed by atoms with Crippen LogP contribution in [-0.4, -0.2) is 22.0 Å². The molecular formula is C12H11FN4O2S. The predicted molar refractivity (Wildman–Crippen MR) is 72.9 cm³/mol. The topological polar surface area (TPSA) is 112 Å². The lowest BCUT2D eigenvalue weighted by Gasteiger charge is -2.11. The van der Waals surface area contributed by atoms with Crippen molar-refractivity contribution in [1.29, 1.82) is 5.41 Å². The summed E-state index contributed by atoms with van der Waals surface area (Å²) in [6.07, 6.45) is 0. The highest BCUT2D eigenvalue weighted by molar-refractivity contribution is 7.13. The molecule has 1 aromatic heterocycles. The van der Waals surface area contributed by atoms with E-state index in [0.29, 0.717) is 10.6 Å². The standard InChI is InChI=1S/C12H11FN4O2S/c13-7-3-1-6(2-4-7)10-16-8(5-20-10)9(11(18)19)17-12(14)15/h1-5,9H,(H,18,19)(H4,14,15,17). The van der Waals surface area contributed by atoms with Crippen LogP contribution in [0.2, 0.25) is 0 Å². The molecule has 0 spiro atoms. The van der Waals surface area contributed by atoms with Crippen LogP contribution in [-0.2, 0) is 4.79 Å². The molecule has 0 bridgehead atoms. The van der Waals surface area contributed by atoms with Crippen molar-refractivity contribution in [2.24, 2.45) is 5.73 Å². The van der Waals surface area contributed by atoms with Gasteiger partial charge in [-0.05, 0) is 24.3 Å². The Bertz CT molecular complexity index is 641. The van der Waals surface area contributed by atoms with Crippen molar-refractivity contribution < 1.29 is 14.3 Å². The molecule has 2 rings (SSSR count). The van der Waals surface area contributed by atoms with E-state index in [9.17, 15) is 9.18 Å². The summed E-state index contributed by atoms with van der Waals surface area (Å²) in [5.74, 6) is -1.99. The molecule has 0 aliphatic heterocycles. The Labute approximate surface area is 117 Å². The van der Waals surface area contributed by atoms with E-state index < -0.39 is 18.0 Å². The van der Waals surface area contributed by atoms with Gasteiger partial charge in [-0.1, -0.05) is 0 Å². The number of carbonyl (C=O) groups is 1. The molecule has 0 saturated carbocycles. The van der Waals surface area contributed by atoms with Crippen LogP contribution in [0.1, 0.15) is 11.7 Å². The van der Waals surface area contributed by atoms with E-state index in [1.54, 1.807) is 17.5 Å². The Morgan fingerprint density at radius 1 is 1.45 bits per heavy atom. The first-order valence-corrected chi connectivity index (χ1v) is 6.40. The second-order valence-corrected chi connectivity index (χ2v) is 4.77. The molecule has 0 amide bonds. The van der Waals surface area contributed by atoms with Crippen LogP contribution < -0.4 is 11.1 Å². The number of benzene rings is 1. The van der Waals surface area contributed by atoms with Gasteiger partial charge < -0.3 is 16.2 Å². The summed E-state index contributed by atoms with van der Waals surface area (Å²) < 4.78 is 12.8. The zero-order chi connectivity index (χ0) is 14.7. The highest BCUT2D eigenvalue weighted by Gasteiger charge is 2.23. The normalized spacial score (nSPS) is 11.8. The second-order valence-electron chi connectivity index (χ2n) is 3.91. The molecule has 0 saturated heterocycles. The van der Waals surface area contributed by atoms with E-state index >= 15 is 0 Å². The molecule has 0 aliphatic rings. The predicted octanol–water partition coefficient (Wildman–Crippen LogP) is 1.56. The lowest BCUT2D eigenvalue weighted by molar-refractivity contribution is -0.139. The zero-order valence-electron chi connectivity index (χ0n) is 10.1. The van der Waals surface area contributed by atoms with E-state index in [-0.39, 0.29) is 11.5 Å². The van der Waals surface area contributed by atoms with Crippen molar-refractivity contribution in [3.05, 3.63) is 41.2 Å². The number of guanidine groups is 1. The van der Waals surface area contributed by atoms with E-state index in [4.69, 9.17) is 16.2 Å². The number of aliphatic carboxylic acids is 1. The second kappa shape index (κ2) is 5.66. The molecule has 1 unspecified atom stereocenters. The fraction of sp³-hybridized carbons (Fsp3) is 0.0833. The van der Waals surface area contributed by atoms with Crippen LogP contribution in [0.25, 0.3) is 10.6 Å². The third-order valence-electron chi connectivity index (χ3n) is 2.46. The van der Waals surface area contributed by atoms with Gasteiger partial charge in [-0.2, -0.15) is 0 Å². The molecule has 1 heterocycles. The lowest BCUT2D eigenvalue weighted by Crippen LogP contribution is -2.38. The number of nitrogens with one attached hydrogen (secondary N) is 2. The van der Waals surface area contributed by atoms with Gasteiger partial charge in [-0.3, -0.25) is 5.41 Å². The molecule has 2 aromatic rings. The molecule has 1 aromatic carbocycles. The van der Waals surface area contributed by atoms with Crippen LogP contribution in [0.15, 0.2) is 29.6 Å². The summed E-state index contributed by atoms with van der Waals surface area (Å²) in [5.41, 5.74) is 6.08. The van der Waals surface area contributed by atoms with E-state index in [1.165, 1.54) is 23.5 Å². The molecule has 0 radical (unpaired) electrons. The largest absolute Gasteiger partial charge is 0.479 e. The van der Waals surface area contributed by atoms with Gasteiger partial charge in [0.1, 0.15) is 10.8 Å². The van der Waals surface area contributed by atoms with Crippen LogP contribution in [0.5, 0.6) is 0 Å². The maximum atomic E-state index is 12.8. The number of aromatic nitrogens is 1. The van der Waals surface area contributed by atoms with Crippen molar-refractivity contribution in [3.63, 3.8) is 0 Å². The minimum absolute atomic E-state index is 0.247. The minimum atomic E-state index is -1.18. The fourth-order valence-electron chi connectivity index (χ4n) is 1.56. The number of hydrogen-bond donors (Lipinski definition) is 4. The Balaban J connectivity index is 2.29. The van der Waals surface area contributed by atoms with Gasteiger partial charge in [0.15, 0.2) is 12.0 Å². The zero-order valence-corrected chi connectivity index (χ0v) is 10.9. The molecule has 104 valence electrons. The molecule has 8 heteroatoms. The highest BCUT2D eigenvalue weighted by Crippen LogP contribution is 2.26. The van der Waals surface area contributed by atoms with E-state index in [2.05, 4.69) is 10.3 Å². The van der Waals surface area contributed by atoms with Crippen molar-refractivity contribution in [2.75, 3.05) is 0 Å². The van der Waals surface area contributed by atoms with Gasteiger partial charge in [0.25, 0.3) is 0 Å². The average Bonchev–Trinajstić information content (AvgIpc) is 2.85. The van der Waals surface area contributed by atoms with Crippen LogP contribution >= 0.6 is 11.3 Å². The van der Waals surface area contributed by atoms with Crippen LogP contribution in [0, 0.1) is 11.2 Å². The van der Waals surface area contributed by atoms with Gasteiger partial charge >= 0.3 is 5.97 Å². The number of rotatable bonds is 4. The monoisotopic (exact) mass is 294 g/mol. The molecule has 0 fully saturated rings. The van der Waals surface area contributed by atoms with Gasteiger partial charge in [-0.15, -0.1) is 11.3 Å². The Kier molecular flexibility index (Phi) is 3.94. The van der Waals surface area contributed by atoms with Crippen molar-refractivity contribution in [2.45, 2.75) is 6.04 Å². The highest BCUT2D eigenvalue weighted by atomic mass is 32.1. The van der Waals surface area contributed by atoms with Crippen LogP contribution in [0.3, 0.4) is 0 Å². The Morgan fingerprint density at radius 2 is 2.10 bits per heavy atom. The van der Waals surface area contributed by atoms with Gasteiger partial charge in [0.05, 0.1) is 5.69 Å². The summed E-state index contributed by atoms with van der Waals surface area (Å²) in [6.45, 7) is 0. The fourth-order valence-corrected chi connectivity index (χ4v) is 2.41. The van der Waals surface area contributed by atoms with Crippen molar-refractivity contribution in [3.8, 4) is 10.6 Å². The molecule has 1 atom stereocenters. The van der Waals surface area contributed by atoms with Gasteiger partial charge in [-0.25, -0.2) is 14.2 Å². The lowest BCUT2D eigenvalue weighted by atomic mass is 10.2.